The molecule has 2 fully saturated rings. The number of amides is 1. The lowest BCUT2D eigenvalue weighted by Gasteiger charge is -2.49. The molecular formula is C29H37ClF4N4O2. The maximum atomic E-state index is 14.1. The second-order valence-corrected chi connectivity index (χ2v) is 12.0. The molecule has 1 aromatic carbocycles. The molecule has 3 unspecified atom stereocenters. The number of Topliss-reactive ketones (excluding diaryl/α,β-unsaturated/α-hetero) is 1. The van der Waals surface area contributed by atoms with Crippen LogP contribution >= 0.6 is 11.6 Å². The van der Waals surface area contributed by atoms with Gasteiger partial charge < -0.3 is 15.2 Å². The molecule has 2 aliphatic carbocycles. The van der Waals surface area contributed by atoms with Crippen molar-refractivity contribution in [3.8, 4) is 0 Å². The van der Waals surface area contributed by atoms with Crippen molar-refractivity contribution < 1.29 is 27.2 Å². The summed E-state index contributed by atoms with van der Waals surface area (Å²) >= 11 is 6.40. The van der Waals surface area contributed by atoms with Crippen molar-refractivity contribution in [3.63, 3.8) is 0 Å². The molecule has 0 spiro atoms. The van der Waals surface area contributed by atoms with E-state index in [1.807, 2.05) is 0 Å². The molecule has 2 N–H and O–H groups in total. The molecule has 1 amide bonds. The van der Waals surface area contributed by atoms with Gasteiger partial charge in [-0.05, 0) is 81.7 Å². The van der Waals surface area contributed by atoms with Gasteiger partial charge in [-0.15, -0.1) is 0 Å². The van der Waals surface area contributed by atoms with Gasteiger partial charge in [-0.2, -0.15) is 13.2 Å². The average Bonchev–Trinajstić information content (AvgIpc) is 3.18. The molecule has 40 heavy (non-hydrogen) atoms. The molecule has 11 heteroatoms. The fourth-order valence-corrected chi connectivity index (χ4v) is 7.11. The number of fused-ring (bicyclic) bond motifs is 2. The number of nitrogens with one attached hydrogen (secondary N) is 2. The molecular weight excluding hydrogens is 548 g/mol. The predicted molar refractivity (Wildman–Crippen MR) is 146 cm³/mol. The van der Waals surface area contributed by atoms with Crippen molar-refractivity contribution in [2.75, 3.05) is 12.4 Å². The third-order valence-electron chi connectivity index (χ3n) is 8.57. The standard InChI is InChI=1S/C29H37ClF4N4O2/c1-17(39)16-38-24(15-35-3)36-27(26(38)18(2)22-12-21(31)7-8-23(22)30)37-25(40)9-6-20-11-19-5-4-10-28(13-19,14-20)29(32,33)34/h7-8,12,18-20,35H,4-6,9-11,13-16H2,1-3H3,(H,37,40)/t18-,19?,20?,28?/m0/s1. The lowest BCUT2D eigenvalue weighted by molar-refractivity contribution is -0.254. The molecule has 0 aliphatic heterocycles. The highest BCUT2D eigenvalue weighted by atomic mass is 35.5. The Kier molecular flexibility index (Phi) is 9.29. The maximum Gasteiger partial charge on any atom is 0.394 e. The summed E-state index contributed by atoms with van der Waals surface area (Å²) in [7, 11) is 1.73. The van der Waals surface area contributed by atoms with Gasteiger partial charge in [0.15, 0.2) is 5.82 Å². The maximum absolute atomic E-state index is 14.1. The Hall–Kier alpha value is -2.46. The number of rotatable bonds is 10. The lowest BCUT2D eigenvalue weighted by Crippen LogP contribution is -2.47. The van der Waals surface area contributed by atoms with E-state index in [4.69, 9.17) is 11.6 Å². The Bertz CT molecular complexity index is 1250. The Labute approximate surface area is 237 Å². The van der Waals surface area contributed by atoms with Crippen LogP contribution in [-0.4, -0.2) is 34.5 Å². The molecule has 2 bridgehead atoms. The van der Waals surface area contributed by atoms with Gasteiger partial charge in [0.2, 0.25) is 5.91 Å². The van der Waals surface area contributed by atoms with E-state index in [0.29, 0.717) is 47.9 Å². The Morgan fingerprint density at radius 3 is 2.70 bits per heavy atom. The van der Waals surface area contributed by atoms with Gasteiger partial charge in [0.25, 0.3) is 0 Å². The molecule has 0 saturated heterocycles. The van der Waals surface area contributed by atoms with Crippen LogP contribution in [0.15, 0.2) is 18.2 Å². The van der Waals surface area contributed by atoms with Crippen LogP contribution in [-0.2, 0) is 22.7 Å². The van der Waals surface area contributed by atoms with Gasteiger partial charge in [-0.25, -0.2) is 9.37 Å². The topological polar surface area (TPSA) is 76.0 Å². The number of carbonyl (C=O) groups excluding carboxylic acids is 2. The van der Waals surface area contributed by atoms with E-state index in [0.717, 1.165) is 6.42 Å². The molecule has 1 aromatic heterocycles. The van der Waals surface area contributed by atoms with Crippen LogP contribution in [0.25, 0.3) is 0 Å². The van der Waals surface area contributed by atoms with Gasteiger partial charge in [0.05, 0.1) is 24.2 Å². The van der Waals surface area contributed by atoms with Crippen molar-refractivity contribution in [3.05, 3.63) is 46.1 Å². The summed E-state index contributed by atoms with van der Waals surface area (Å²) < 4.78 is 57.9. The molecule has 1 heterocycles. The van der Waals surface area contributed by atoms with Crippen LogP contribution in [0.1, 0.15) is 88.2 Å². The van der Waals surface area contributed by atoms with Gasteiger partial charge in [0.1, 0.15) is 17.4 Å². The number of hydrogen-bond donors (Lipinski definition) is 2. The zero-order chi connectivity index (χ0) is 29.2. The van der Waals surface area contributed by atoms with E-state index in [-0.39, 0.29) is 61.6 Å². The summed E-state index contributed by atoms with van der Waals surface area (Å²) in [4.78, 5) is 29.9. The minimum atomic E-state index is -4.23. The van der Waals surface area contributed by atoms with E-state index in [2.05, 4.69) is 15.6 Å². The first-order chi connectivity index (χ1) is 18.8. The molecule has 4 atom stereocenters. The quantitative estimate of drug-likeness (QED) is 0.295. The average molecular weight is 585 g/mol. The van der Waals surface area contributed by atoms with Gasteiger partial charge in [-0.1, -0.05) is 31.4 Å². The number of carbonyl (C=O) groups is 2. The van der Waals surface area contributed by atoms with Crippen molar-refractivity contribution in [2.24, 2.45) is 17.3 Å². The SMILES string of the molecule is CNCc1nc(NC(=O)CCC2CC3CCCC(C(F)(F)F)(C3)C2)c([C@@H](C)c2cc(F)ccc2Cl)n1CC(C)=O. The number of benzene rings is 1. The van der Waals surface area contributed by atoms with Crippen LogP contribution in [0.4, 0.5) is 23.4 Å². The zero-order valence-corrected chi connectivity index (χ0v) is 23.9. The van der Waals surface area contributed by atoms with Gasteiger partial charge in [0, 0.05) is 17.4 Å². The van der Waals surface area contributed by atoms with Crippen molar-refractivity contribution >= 4 is 29.1 Å². The first kappa shape index (κ1) is 30.5. The third-order valence-corrected chi connectivity index (χ3v) is 8.91. The number of anilines is 1. The van der Waals surface area contributed by atoms with Gasteiger partial charge >= 0.3 is 6.18 Å². The number of halogens is 5. The first-order valence-electron chi connectivity index (χ1n) is 13.9. The number of nitrogens with zero attached hydrogens (tertiary/aromatic N) is 2. The van der Waals surface area contributed by atoms with Crippen molar-refractivity contribution in [2.45, 2.75) is 90.4 Å². The highest BCUT2D eigenvalue weighted by Crippen LogP contribution is 2.59. The summed E-state index contributed by atoms with van der Waals surface area (Å²) in [5, 5.41) is 6.19. The number of ketones is 1. The van der Waals surface area contributed by atoms with Crippen LogP contribution in [0.3, 0.4) is 0 Å². The summed E-state index contributed by atoms with van der Waals surface area (Å²) in [5.41, 5.74) is -0.649. The Morgan fingerprint density at radius 2 is 2.02 bits per heavy atom. The van der Waals surface area contributed by atoms with Crippen molar-refractivity contribution in [1.82, 2.24) is 14.9 Å². The second kappa shape index (κ2) is 12.2. The largest absolute Gasteiger partial charge is 0.394 e. The minimum absolute atomic E-state index is 0.00448. The monoisotopic (exact) mass is 584 g/mol. The summed E-state index contributed by atoms with van der Waals surface area (Å²) in [6.45, 7) is 3.54. The van der Waals surface area contributed by atoms with E-state index in [9.17, 15) is 27.2 Å². The molecule has 2 aliphatic rings. The number of alkyl halides is 3. The minimum Gasteiger partial charge on any atom is -0.321 e. The molecule has 220 valence electrons. The first-order valence-corrected chi connectivity index (χ1v) is 14.3. The highest BCUT2D eigenvalue weighted by Gasteiger charge is 2.58. The van der Waals surface area contributed by atoms with Crippen molar-refractivity contribution in [1.29, 1.82) is 0 Å². The van der Waals surface area contributed by atoms with E-state index >= 15 is 0 Å². The predicted octanol–water partition coefficient (Wildman–Crippen LogP) is 7.00. The molecule has 4 rings (SSSR count). The third kappa shape index (κ3) is 6.54. The smallest absolute Gasteiger partial charge is 0.321 e. The van der Waals surface area contributed by atoms with Gasteiger partial charge in [-0.3, -0.25) is 9.59 Å². The number of aromatic nitrogens is 2. The zero-order valence-electron chi connectivity index (χ0n) is 23.1. The van der Waals surface area contributed by atoms with E-state index in [1.54, 1.807) is 18.5 Å². The Balaban J connectivity index is 1.57. The normalized spacial score (nSPS) is 23.6. The second-order valence-electron chi connectivity index (χ2n) is 11.6. The number of imidazole rings is 1. The van der Waals surface area contributed by atoms with E-state index in [1.165, 1.54) is 25.1 Å². The summed E-state index contributed by atoms with van der Waals surface area (Å²) in [5.74, 6) is -0.879. The van der Waals surface area contributed by atoms with Crippen LogP contribution in [0, 0.1) is 23.1 Å². The molecule has 2 aromatic rings. The molecule has 0 radical (unpaired) electrons. The fourth-order valence-electron chi connectivity index (χ4n) is 6.83. The summed E-state index contributed by atoms with van der Waals surface area (Å²) in [6, 6.07) is 4.02. The van der Waals surface area contributed by atoms with Crippen LogP contribution in [0.5, 0.6) is 0 Å². The van der Waals surface area contributed by atoms with Crippen LogP contribution in [0.2, 0.25) is 5.02 Å². The van der Waals surface area contributed by atoms with Crippen LogP contribution < -0.4 is 10.6 Å². The highest BCUT2D eigenvalue weighted by molar-refractivity contribution is 6.31. The summed E-state index contributed by atoms with van der Waals surface area (Å²) in [6.07, 6.45) is -1.25. The molecule has 6 nitrogen and oxygen atoms in total. The molecule has 2 saturated carbocycles. The number of hydrogen-bond acceptors (Lipinski definition) is 4. The Morgan fingerprint density at radius 1 is 1.27 bits per heavy atom. The van der Waals surface area contributed by atoms with E-state index < -0.39 is 23.3 Å². The fraction of sp³-hybridized carbons (Fsp3) is 0.621. The lowest BCUT2D eigenvalue weighted by atomic mass is 9.58.